The first kappa shape index (κ1) is 32.7. The lowest BCUT2D eigenvalue weighted by Crippen LogP contribution is -2.30. The van der Waals surface area contributed by atoms with Crippen molar-refractivity contribution in [2.45, 2.75) is 31.8 Å². The van der Waals surface area contributed by atoms with Crippen LogP contribution in [0.25, 0.3) is 6.08 Å². The molecule has 8 nitrogen and oxygen atoms in total. The van der Waals surface area contributed by atoms with Crippen LogP contribution in [-0.4, -0.2) is 31.6 Å². The highest BCUT2D eigenvalue weighted by Gasteiger charge is 2.38. The second kappa shape index (κ2) is 13.4. The number of benzene rings is 3. The van der Waals surface area contributed by atoms with E-state index in [4.69, 9.17) is 32.4 Å². The van der Waals surface area contributed by atoms with Gasteiger partial charge in [-0.2, -0.15) is 4.31 Å². The van der Waals surface area contributed by atoms with Gasteiger partial charge in [-0.05, 0) is 80.1 Å². The number of rotatable bonds is 9. The van der Waals surface area contributed by atoms with Gasteiger partial charge in [0.25, 0.3) is 0 Å². The van der Waals surface area contributed by atoms with Crippen LogP contribution >= 0.6 is 39.1 Å². The zero-order chi connectivity index (χ0) is 32.5. The van der Waals surface area contributed by atoms with Crippen LogP contribution in [0.15, 0.2) is 110 Å². The van der Waals surface area contributed by atoms with Gasteiger partial charge in [0.05, 0.1) is 24.2 Å². The molecule has 0 saturated carbocycles. The maximum Gasteiger partial charge on any atom is 0.343 e. The number of esters is 1. The molecule has 0 aliphatic carbocycles. The molecule has 3 aromatic carbocycles. The summed E-state index contributed by atoms with van der Waals surface area (Å²) in [5.41, 5.74) is 2.62. The number of Topliss-reactive ketones (excluding diaryl/α,β-unsaturated/α-hetero) is 1. The Morgan fingerprint density at radius 3 is 2.31 bits per heavy atom. The molecule has 1 aliphatic heterocycles. The third kappa shape index (κ3) is 6.95. The lowest BCUT2D eigenvalue weighted by molar-refractivity contribution is -0.137. The average Bonchev–Trinajstić information content (AvgIpc) is 3.55. The van der Waals surface area contributed by atoms with Gasteiger partial charge < -0.3 is 14.1 Å². The number of anilines is 1. The Morgan fingerprint density at radius 2 is 1.67 bits per heavy atom. The molecule has 0 radical (unpaired) electrons. The largest absolute Gasteiger partial charge is 0.465 e. The van der Waals surface area contributed by atoms with Gasteiger partial charge in [-0.15, -0.1) is 0 Å². The van der Waals surface area contributed by atoms with Gasteiger partial charge in [-0.1, -0.05) is 62.9 Å². The smallest absolute Gasteiger partial charge is 0.343 e. The standard InChI is InChI=1S/C33H27BrCl2N2O6S/c1-20-4-14-28(15-5-20)45(41,42)37(18-22-6-9-24(35)16-29(22)36)19-27-13-12-26(44-27)17-30-32(39)31(33(40)43-3)21(2)38(30)25-10-7-23(34)8-11-25/h4-17H,18-19H2,1-3H3/b30-17+. The van der Waals surface area contributed by atoms with Crippen molar-refractivity contribution in [3.63, 3.8) is 0 Å². The predicted molar refractivity (Wildman–Crippen MR) is 177 cm³/mol. The molecule has 0 spiro atoms. The molecule has 4 aromatic rings. The molecule has 232 valence electrons. The fraction of sp³-hybridized carbons (Fsp3) is 0.152. The summed E-state index contributed by atoms with van der Waals surface area (Å²) in [6.45, 7) is 3.35. The predicted octanol–water partition coefficient (Wildman–Crippen LogP) is 7.93. The number of carbonyl (C=O) groups excluding carboxylic acids is 2. The van der Waals surface area contributed by atoms with E-state index >= 15 is 0 Å². The molecule has 0 bridgehead atoms. The number of hydrogen-bond acceptors (Lipinski definition) is 7. The third-order valence-electron chi connectivity index (χ3n) is 7.19. The molecular formula is C33H27BrCl2N2O6S. The maximum absolute atomic E-state index is 13.8. The first-order chi connectivity index (χ1) is 21.4. The van der Waals surface area contributed by atoms with E-state index in [9.17, 15) is 18.0 Å². The van der Waals surface area contributed by atoms with E-state index in [1.165, 1.54) is 17.5 Å². The Labute approximate surface area is 279 Å². The number of aryl methyl sites for hydroxylation is 1. The van der Waals surface area contributed by atoms with Crippen molar-refractivity contribution in [2.24, 2.45) is 0 Å². The zero-order valence-corrected chi connectivity index (χ0v) is 28.3. The van der Waals surface area contributed by atoms with Crippen molar-refractivity contribution in [2.75, 3.05) is 12.0 Å². The number of allylic oxidation sites excluding steroid dienone is 2. The number of halogens is 3. The number of nitrogens with zero attached hydrogens (tertiary/aromatic N) is 2. The number of ketones is 1. The van der Waals surface area contributed by atoms with E-state index in [0.29, 0.717) is 32.8 Å². The minimum Gasteiger partial charge on any atom is -0.465 e. The third-order valence-corrected chi connectivity index (χ3v) is 10.1. The number of ether oxygens (including phenoxy) is 1. The first-order valence-electron chi connectivity index (χ1n) is 13.6. The number of carbonyl (C=O) groups is 2. The number of furan rings is 1. The summed E-state index contributed by atoms with van der Waals surface area (Å²) in [6.07, 6.45) is 1.52. The topological polar surface area (TPSA) is 97.1 Å². The maximum atomic E-state index is 13.8. The second-order valence-corrected chi connectivity index (χ2v) is 13.9. The van der Waals surface area contributed by atoms with E-state index < -0.39 is 21.8 Å². The molecular weight excluding hydrogens is 703 g/mol. The number of methoxy groups -OCH3 is 1. The minimum atomic E-state index is -4.00. The average molecular weight is 730 g/mol. The van der Waals surface area contributed by atoms with Gasteiger partial charge in [-0.3, -0.25) is 4.79 Å². The molecule has 2 heterocycles. The molecule has 1 aliphatic rings. The molecule has 0 atom stereocenters. The van der Waals surface area contributed by atoms with Crippen molar-refractivity contribution in [3.8, 4) is 0 Å². The van der Waals surface area contributed by atoms with Crippen LogP contribution in [0.1, 0.15) is 29.6 Å². The molecule has 0 amide bonds. The van der Waals surface area contributed by atoms with Crippen LogP contribution < -0.4 is 4.90 Å². The fourth-order valence-corrected chi connectivity index (χ4v) is 6.99. The highest BCUT2D eigenvalue weighted by atomic mass is 79.9. The molecule has 0 unspecified atom stereocenters. The molecule has 0 fully saturated rings. The minimum absolute atomic E-state index is 0.0508. The fourth-order valence-electron chi connectivity index (χ4n) is 4.87. The van der Waals surface area contributed by atoms with E-state index in [1.54, 1.807) is 78.6 Å². The Hall–Kier alpha value is -3.67. The number of sulfonamides is 1. The molecule has 1 aromatic heterocycles. The molecule has 0 N–H and O–H groups in total. The van der Waals surface area contributed by atoms with E-state index in [1.807, 2.05) is 19.1 Å². The summed E-state index contributed by atoms with van der Waals surface area (Å²) < 4.78 is 40.7. The van der Waals surface area contributed by atoms with Crippen LogP contribution in [-0.2, 0) is 37.4 Å². The van der Waals surface area contributed by atoms with Crippen LogP contribution in [0.4, 0.5) is 5.69 Å². The van der Waals surface area contributed by atoms with Crippen LogP contribution in [0, 0.1) is 6.92 Å². The first-order valence-corrected chi connectivity index (χ1v) is 16.6. The lowest BCUT2D eigenvalue weighted by atomic mass is 10.1. The summed E-state index contributed by atoms with van der Waals surface area (Å²) in [5.74, 6) is -0.671. The van der Waals surface area contributed by atoms with E-state index in [0.717, 1.165) is 10.0 Å². The SMILES string of the molecule is COC(=O)C1=C(C)N(c2ccc(Br)cc2)/C(=C/c2ccc(CN(Cc3ccc(Cl)cc3Cl)S(=O)(=O)c3ccc(C)cc3)o2)C1=O. The number of hydrogen-bond donors (Lipinski definition) is 0. The molecule has 5 rings (SSSR count). The summed E-state index contributed by atoms with van der Waals surface area (Å²) in [5, 5.41) is 0.757. The van der Waals surface area contributed by atoms with Crippen molar-refractivity contribution in [1.82, 2.24) is 4.31 Å². The van der Waals surface area contributed by atoms with Gasteiger partial charge in [0, 0.05) is 38.5 Å². The Morgan fingerprint density at radius 1 is 0.978 bits per heavy atom. The van der Waals surface area contributed by atoms with E-state index in [2.05, 4.69) is 15.9 Å². The van der Waals surface area contributed by atoms with Gasteiger partial charge in [0.2, 0.25) is 15.8 Å². The summed E-state index contributed by atoms with van der Waals surface area (Å²) in [4.78, 5) is 27.8. The summed E-state index contributed by atoms with van der Waals surface area (Å²) >= 11 is 15.9. The van der Waals surface area contributed by atoms with Crippen molar-refractivity contribution in [1.29, 1.82) is 0 Å². The Bertz CT molecular complexity index is 1950. The normalized spacial score (nSPS) is 14.6. The Kier molecular flexibility index (Phi) is 9.71. The van der Waals surface area contributed by atoms with Crippen LogP contribution in [0.2, 0.25) is 10.0 Å². The van der Waals surface area contributed by atoms with Gasteiger partial charge in [0.15, 0.2) is 0 Å². The Balaban J connectivity index is 1.51. The molecule has 45 heavy (non-hydrogen) atoms. The van der Waals surface area contributed by atoms with Crippen molar-refractivity contribution in [3.05, 3.63) is 133 Å². The lowest BCUT2D eigenvalue weighted by Gasteiger charge is -2.22. The zero-order valence-electron chi connectivity index (χ0n) is 24.4. The van der Waals surface area contributed by atoms with Crippen molar-refractivity contribution < 1.29 is 27.2 Å². The van der Waals surface area contributed by atoms with Crippen LogP contribution in [0.3, 0.4) is 0 Å². The molecule has 12 heteroatoms. The second-order valence-electron chi connectivity index (χ2n) is 10.2. The quantitative estimate of drug-likeness (QED) is 0.0981. The van der Waals surface area contributed by atoms with Gasteiger partial charge >= 0.3 is 5.97 Å². The van der Waals surface area contributed by atoms with E-state index in [-0.39, 0.29) is 35.0 Å². The monoisotopic (exact) mass is 728 g/mol. The highest BCUT2D eigenvalue weighted by molar-refractivity contribution is 9.10. The van der Waals surface area contributed by atoms with Crippen molar-refractivity contribution >= 4 is 72.7 Å². The highest BCUT2D eigenvalue weighted by Crippen LogP contribution is 2.36. The summed E-state index contributed by atoms with van der Waals surface area (Å²) in [7, 11) is -2.78. The summed E-state index contributed by atoms with van der Waals surface area (Å²) in [6, 6.07) is 22.0. The van der Waals surface area contributed by atoms with Crippen LogP contribution in [0.5, 0.6) is 0 Å². The van der Waals surface area contributed by atoms with Gasteiger partial charge in [0.1, 0.15) is 17.1 Å². The van der Waals surface area contributed by atoms with Gasteiger partial charge in [-0.25, -0.2) is 13.2 Å². The molecule has 0 saturated heterocycles.